The summed E-state index contributed by atoms with van der Waals surface area (Å²) >= 11 is 0. The molecule has 14 heavy (non-hydrogen) atoms. The largest absolute Gasteiger partial charge is 0.383 e. The summed E-state index contributed by atoms with van der Waals surface area (Å²) in [6.07, 6.45) is 2.99. The third-order valence-electron chi connectivity index (χ3n) is 2.04. The average Bonchev–Trinajstić information content (AvgIpc) is 2.63. The molecule has 0 aliphatic rings. The van der Waals surface area contributed by atoms with Crippen LogP contribution >= 0.6 is 0 Å². The average molecular weight is 197 g/mol. The van der Waals surface area contributed by atoms with E-state index in [0.29, 0.717) is 6.61 Å². The minimum Gasteiger partial charge on any atom is -0.383 e. The van der Waals surface area contributed by atoms with Gasteiger partial charge in [0.15, 0.2) is 0 Å². The molecule has 0 unspecified atom stereocenters. The lowest BCUT2D eigenvalue weighted by molar-refractivity contribution is 0.182. The van der Waals surface area contributed by atoms with Crippen LogP contribution in [0.15, 0.2) is 12.3 Å². The molecule has 0 aliphatic carbocycles. The van der Waals surface area contributed by atoms with E-state index in [4.69, 9.17) is 4.74 Å². The van der Waals surface area contributed by atoms with Gasteiger partial charge in [0.1, 0.15) is 0 Å². The van der Waals surface area contributed by atoms with Crippen LogP contribution in [0.5, 0.6) is 0 Å². The lowest BCUT2D eigenvalue weighted by atomic mass is 10.4. The van der Waals surface area contributed by atoms with Crippen LogP contribution in [0.25, 0.3) is 0 Å². The van der Waals surface area contributed by atoms with Gasteiger partial charge >= 0.3 is 0 Å². The van der Waals surface area contributed by atoms with E-state index in [1.165, 1.54) is 5.69 Å². The third kappa shape index (κ3) is 3.47. The van der Waals surface area contributed by atoms with Crippen LogP contribution in [0.3, 0.4) is 0 Å². The monoisotopic (exact) mass is 197 g/mol. The predicted molar refractivity (Wildman–Crippen MR) is 56.1 cm³/mol. The molecular formula is C10H19N3O. The van der Waals surface area contributed by atoms with Crippen LogP contribution in [0.1, 0.15) is 19.0 Å². The Morgan fingerprint density at radius 2 is 2.43 bits per heavy atom. The van der Waals surface area contributed by atoms with E-state index in [1.807, 2.05) is 16.9 Å². The van der Waals surface area contributed by atoms with E-state index in [1.54, 1.807) is 7.11 Å². The Morgan fingerprint density at radius 3 is 3.14 bits per heavy atom. The number of hydrogen-bond donors (Lipinski definition) is 1. The van der Waals surface area contributed by atoms with Crippen LogP contribution in [0.2, 0.25) is 0 Å². The number of ether oxygens (including phenoxy) is 1. The fraction of sp³-hybridized carbons (Fsp3) is 0.700. The second kappa shape index (κ2) is 6.56. The molecule has 0 amide bonds. The molecule has 0 spiro atoms. The van der Waals surface area contributed by atoms with Gasteiger partial charge < -0.3 is 10.1 Å². The second-order valence-corrected chi connectivity index (χ2v) is 3.22. The molecule has 0 fully saturated rings. The summed E-state index contributed by atoms with van der Waals surface area (Å²) in [5.41, 5.74) is 1.22. The number of nitrogens with zero attached hydrogens (tertiary/aromatic N) is 2. The van der Waals surface area contributed by atoms with Crippen molar-refractivity contribution >= 4 is 0 Å². The normalized spacial score (nSPS) is 10.7. The molecule has 0 aliphatic heterocycles. The summed E-state index contributed by atoms with van der Waals surface area (Å²) in [6.45, 7) is 5.64. The minimum absolute atomic E-state index is 0.711. The van der Waals surface area contributed by atoms with E-state index < -0.39 is 0 Å². The molecule has 0 aromatic carbocycles. The van der Waals surface area contributed by atoms with Gasteiger partial charge in [0.2, 0.25) is 0 Å². The highest BCUT2D eigenvalue weighted by Crippen LogP contribution is 1.98. The van der Waals surface area contributed by atoms with Crippen molar-refractivity contribution < 1.29 is 4.74 Å². The van der Waals surface area contributed by atoms with Gasteiger partial charge in [-0.2, -0.15) is 5.10 Å². The molecule has 1 heterocycles. The van der Waals surface area contributed by atoms with Gasteiger partial charge in [0.05, 0.1) is 18.8 Å². The molecule has 0 atom stereocenters. The highest BCUT2D eigenvalue weighted by atomic mass is 16.5. The summed E-state index contributed by atoms with van der Waals surface area (Å²) < 4.78 is 6.99. The van der Waals surface area contributed by atoms with Crippen molar-refractivity contribution in [2.45, 2.75) is 26.4 Å². The smallest absolute Gasteiger partial charge is 0.0658 e. The van der Waals surface area contributed by atoms with E-state index in [2.05, 4.69) is 17.3 Å². The maximum atomic E-state index is 5.01. The Kier molecular flexibility index (Phi) is 5.25. The van der Waals surface area contributed by atoms with Crippen molar-refractivity contribution in [1.29, 1.82) is 0 Å². The van der Waals surface area contributed by atoms with Crippen LogP contribution in [-0.4, -0.2) is 30.0 Å². The fourth-order valence-corrected chi connectivity index (χ4v) is 1.28. The molecule has 1 N–H and O–H groups in total. The van der Waals surface area contributed by atoms with Crippen molar-refractivity contribution in [3.63, 3.8) is 0 Å². The molecule has 1 aromatic heterocycles. The first-order chi connectivity index (χ1) is 6.88. The summed E-state index contributed by atoms with van der Waals surface area (Å²) in [6, 6.07) is 2.04. The zero-order valence-corrected chi connectivity index (χ0v) is 8.99. The molecule has 0 saturated heterocycles. The highest BCUT2D eigenvalue weighted by Gasteiger charge is 2.00. The Labute approximate surface area is 85.3 Å². The molecule has 0 saturated carbocycles. The van der Waals surface area contributed by atoms with Gasteiger partial charge in [-0.1, -0.05) is 6.92 Å². The van der Waals surface area contributed by atoms with Gasteiger partial charge in [-0.25, -0.2) is 0 Å². The van der Waals surface area contributed by atoms with Gasteiger partial charge in [-0.15, -0.1) is 0 Å². The van der Waals surface area contributed by atoms with Crippen LogP contribution < -0.4 is 5.32 Å². The quantitative estimate of drug-likeness (QED) is 0.664. The molecule has 0 bridgehead atoms. The maximum Gasteiger partial charge on any atom is 0.0658 e. The van der Waals surface area contributed by atoms with E-state index in [9.17, 15) is 0 Å². The van der Waals surface area contributed by atoms with Gasteiger partial charge in [0, 0.05) is 19.9 Å². The van der Waals surface area contributed by atoms with Crippen LogP contribution in [0, 0.1) is 0 Å². The standard InChI is InChI=1S/C10H19N3O/c1-3-5-11-9-10-4-6-12-13(10)7-8-14-2/h4,6,11H,3,5,7-9H2,1-2H3. The summed E-state index contributed by atoms with van der Waals surface area (Å²) in [7, 11) is 1.71. The fourth-order valence-electron chi connectivity index (χ4n) is 1.28. The Morgan fingerprint density at radius 1 is 1.57 bits per heavy atom. The zero-order valence-electron chi connectivity index (χ0n) is 8.99. The van der Waals surface area contributed by atoms with Gasteiger partial charge in [0.25, 0.3) is 0 Å². The van der Waals surface area contributed by atoms with Crippen molar-refractivity contribution in [2.75, 3.05) is 20.3 Å². The molecule has 4 nitrogen and oxygen atoms in total. The van der Waals surface area contributed by atoms with E-state index in [0.717, 1.165) is 26.1 Å². The molecule has 1 aromatic rings. The van der Waals surface area contributed by atoms with E-state index >= 15 is 0 Å². The zero-order chi connectivity index (χ0) is 10.2. The SMILES string of the molecule is CCCNCc1ccnn1CCOC. The summed E-state index contributed by atoms with van der Waals surface area (Å²) in [5, 5.41) is 7.58. The molecule has 80 valence electrons. The summed E-state index contributed by atoms with van der Waals surface area (Å²) in [5.74, 6) is 0. The van der Waals surface area contributed by atoms with E-state index in [-0.39, 0.29) is 0 Å². The first-order valence-corrected chi connectivity index (χ1v) is 5.08. The lowest BCUT2D eigenvalue weighted by Crippen LogP contribution is -2.18. The Hall–Kier alpha value is -0.870. The van der Waals surface area contributed by atoms with Gasteiger partial charge in [-0.3, -0.25) is 4.68 Å². The third-order valence-corrected chi connectivity index (χ3v) is 2.04. The van der Waals surface area contributed by atoms with Crippen molar-refractivity contribution in [3.8, 4) is 0 Å². The molecular weight excluding hydrogens is 178 g/mol. The summed E-state index contributed by atoms with van der Waals surface area (Å²) in [4.78, 5) is 0. The first-order valence-electron chi connectivity index (χ1n) is 5.08. The number of methoxy groups -OCH3 is 1. The van der Waals surface area contributed by atoms with Gasteiger partial charge in [-0.05, 0) is 19.0 Å². The number of hydrogen-bond acceptors (Lipinski definition) is 3. The predicted octanol–water partition coefficient (Wildman–Crippen LogP) is 1.03. The first kappa shape index (κ1) is 11.2. The van der Waals surface area contributed by atoms with Crippen molar-refractivity contribution in [1.82, 2.24) is 15.1 Å². The second-order valence-electron chi connectivity index (χ2n) is 3.22. The number of rotatable bonds is 7. The molecule has 1 rings (SSSR count). The lowest BCUT2D eigenvalue weighted by Gasteiger charge is -2.07. The molecule has 4 heteroatoms. The van der Waals surface area contributed by atoms with Crippen LogP contribution in [-0.2, 0) is 17.8 Å². The topological polar surface area (TPSA) is 39.1 Å². The maximum absolute atomic E-state index is 5.01. The Balaban J connectivity index is 2.37. The van der Waals surface area contributed by atoms with Crippen LogP contribution in [0.4, 0.5) is 0 Å². The minimum atomic E-state index is 0.711. The number of aromatic nitrogens is 2. The van der Waals surface area contributed by atoms with Crippen molar-refractivity contribution in [2.24, 2.45) is 0 Å². The Bertz CT molecular complexity index is 247. The highest BCUT2D eigenvalue weighted by molar-refractivity contribution is 4.99. The number of nitrogens with one attached hydrogen (secondary N) is 1. The van der Waals surface area contributed by atoms with Crippen molar-refractivity contribution in [3.05, 3.63) is 18.0 Å². The molecule has 0 radical (unpaired) electrons.